The topological polar surface area (TPSA) is 29.3 Å². The van der Waals surface area contributed by atoms with Crippen molar-refractivity contribution in [3.63, 3.8) is 0 Å². The van der Waals surface area contributed by atoms with Crippen molar-refractivity contribution in [1.29, 1.82) is 0 Å². The molecule has 1 aliphatic carbocycles. The molecule has 2 atom stereocenters. The number of nitrogens with two attached hydrogens (primary N) is 1. The van der Waals surface area contributed by atoms with E-state index in [9.17, 15) is 0 Å². The fourth-order valence-corrected chi connectivity index (χ4v) is 3.91. The van der Waals surface area contributed by atoms with Crippen LogP contribution in [0.1, 0.15) is 33.6 Å². The average molecular weight is 228 g/mol. The van der Waals surface area contributed by atoms with E-state index in [1.165, 1.54) is 30.9 Å². The van der Waals surface area contributed by atoms with Gasteiger partial charge < -0.3 is 5.73 Å². The summed E-state index contributed by atoms with van der Waals surface area (Å²) < 4.78 is 0. The molecule has 1 saturated heterocycles. The summed E-state index contributed by atoms with van der Waals surface area (Å²) in [7, 11) is 0. The van der Waals surface area contributed by atoms with Gasteiger partial charge in [-0.2, -0.15) is 11.8 Å². The summed E-state index contributed by atoms with van der Waals surface area (Å²) in [5.74, 6) is 2.54. The molecule has 0 bridgehead atoms. The van der Waals surface area contributed by atoms with Crippen LogP contribution in [0.2, 0.25) is 0 Å². The Morgan fingerprint density at radius 1 is 1.53 bits per heavy atom. The highest BCUT2D eigenvalue weighted by Gasteiger charge is 2.56. The van der Waals surface area contributed by atoms with Gasteiger partial charge in [0.25, 0.3) is 0 Å². The standard InChI is InChI=1S/C12H24N2S/c1-10-8-15-7-6-14(10)12(3,9-13)11(2)4-5-11/h10H,4-9,13H2,1-3H3. The van der Waals surface area contributed by atoms with Crippen molar-refractivity contribution in [2.75, 3.05) is 24.6 Å². The number of nitrogens with zero attached hydrogens (tertiary/aromatic N) is 1. The Bertz CT molecular complexity index is 240. The first kappa shape index (κ1) is 11.7. The quantitative estimate of drug-likeness (QED) is 0.800. The summed E-state index contributed by atoms with van der Waals surface area (Å²) in [4.78, 5) is 2.68. The smallest absolute Gasteiger partial charge is 0.0360 e. The largest absolute Gasteiger partial charge is 0.329 e. The van der Waals surface area contributed by atoms with Crippen molar-refractivity contribution >= 4 is 11.8 Å². The van der Waals surface area contributed by atoms with Gasteiger partial charge in [-0.1, -0.05) is 6.92 Å². The second-order valence-electron chi connectivity index (χ2n) is 5.66. The second kappa shape index (κ2) is 3.94. The molecule has 15 heavy (non-hydrogen) atoms. The zero-order valence-corrected chi connectivity index (χ0v) is 11.1. The van der Waals surface area contributed by atoms with Gasteiger partial charge in [-0.05, 0) is 32.1 Å². The lowest BCUT2D eigenvalue weighted by atomic mass is 9.81. The van der Waals surface area contributed by atoms with Gasteiger partial charge in [-0.3, -0.25) is 4.90 Å². The minimum Gasteiger partial charge on any atom is -0.329 e. The van der Waals surface area contributed by atoms with Gasteiger partial charge in [0.05, 0.1) is 0 Å². The van der Waals surface area contributed by atoms with Crippen LogP contribution >= 0.6 is 11.8 Å². The molecule has 0 aromatic rings. The Balaban J connectivity index is 2.17. The zero-order chi connectivity index (χ0) is 11.1. The normalized spacial score (nSPS) is 34.8. The summed E-state index contributed by atoms with van der Waals surface area (Å²) in [6.07, 6.45) is 2.72. The van der Waals surface area contributed by atoms with Crippen molar-refractivity contribution in [2.45, 2.75) is 45.2 Å². The SMILES string of the molecule is CC1CSCCN1C(C)(CN)C1(C)CC1. The van der Waals surface area contributed by atoms with Crippen LogP contribution in [0, 0.1) is 5.41 Å². The monoisotopic (exact) mass is 228 g/mol. The van der Waals surface area contributed by atoms with E-state index in [2.05, 4.69) is 37.4 Å². The molecule has 2 fully saturated rings. The maximum Gasteiger partial charge on any atom is 0.0360 e. The predicted octanol–water partition coefficient (Wildman–Crippen LogP) is 1.94. The van der Waals surface area contributed by atoms with E-state index in [0.29, 0.717) is 11.5 Å². The summed E-state index contributed by atoms with van der Waals surface area (Å²) in [5.41, 5.74) is 6.79. The molecule has 0 amide bonds. The van der Waals surface area contributed by atoms with Gasteiger partial charge >= 0.3 is 0 Å². The van der Waals surface area contributed by atoms with E-state index >= 15 is 0 Å². The molecule has 2 nitrogen and oxygen atoms in total. The van der Waals surface area contributed by atoms with Crippen LogP contribution in [0.4, 0.5) is 0 Å². The molecular weight excluding hydrogens is 204 g/mol. The first-order valence-electron chi connectivity index (χ1n) is 6.08. The molecule has 88 valence electrons. The fraction of sp³-hybridized carbons (Fsp3) is 1.00. The van der Waals surface area contributed by atoms with Crippen molar-refractivity contribution in [3.05, 3.63) is 0 Å². The summed E-state index contributed by atoms with van der Waals surface area (Å²) >= 11 is 2.08. The molecule has 0 aromatic heterocycles. The minimum absolute atomic E-state index is 0.230. The molecule has 1 heterocycles. The van der Waals surface area contributed by atoms with E-state index in [-0.39, 0.29) is 5.54 Å². The van der Waals surface area contributed by atoms with Crippen LogP contribution in [0.15, 0.2) is 0 Å². The first-order valence-corrected chi connectivity index (χ1v) is 7.23. The zero-order valence-electron chi connectivity index (χ0n) is 10.3. The van der Waals surface area contributed by atoms with Crippen LogP contribution < -0.4 is 5.73 Å². The van der Waals surface area contributed by atoms with E-state index in [0.717, 1.165) is 6.54 Å². The van der Waals surface area contributed by atoms with Gasteiger partial charge in [0, 0.05) is 36.2 Å². The lowest BCUT2D eigenvalue weighted by Crippen LogP contribution is -2.62. The molecule has 2 unspecified atom stereocenters. The third kappa shape index (κ3) is 1.83. The van der Waals surface area contributed by atoms with E-state index in [1.54, 1.807) is 0 Å². The minimum atomic E-state index is 0.230. The van der Waals surface area contributed by atoms with Gasteiger partial charge in [0.1, 0.15) is 0 Å². The second-order valence-corrected chi connectivity index (χ2v) is 6.81. The van der Waals surface area contributed by atoms with Crippen LogP contribution in [-0.2, 0) is 0 Å². The number of hydrogen-bond donors (Lipinski definition) is 1. The van der Waals surface area contributed by atoms with Gasteiger partial charge in [0.15, 0.2) is 0 Å². The van der Waals surface area contributed by atoms with Crippen molar-refractivity contribution in [2.24, 2.45) is 11.1 Å². The molecule has 1 aliphatic heterocycles. The highest BCUT2D eigenvalue weighted by molar-refractivity contribution is 7.99. The third-order valence-electron chi connectivity index (χ3n) is 4.70. The number of thioether (sulfide) groups is 1. The van der Waals surface area contributed by atoms with Crippen LogP contribution in [0.5, 0.6) is 0 Å². The summed E-state index contributed by atoms with van der Waals surface area (Å²) in [6.45, 7) is 9.17. The molecular formula is C12H24N2S. The molecule has 2 N–H and O–H groups in total. The molecule has 0 radical (unpaired) electrons. The molecule has 2 rings (SSSR count). The van der Waals surface area contributed by atoms with Crippen molar-refractivity contribution in [3.8, 4) is 0 Å². The lowest BCUT2D eigenvalue weighted by molar-refractivity contribution is 0.0256. The van der Waals surface area contributed by atoms with Crippen LogP contribution in [0.25, 0.3) is 0 Å². The van der Waals surface area contributed by atoms with Gasteiger partial charge in [-0.25, -0.2) is 0 Å². The maximum absolute atomic E-state index is 6.08. The molecule has 3 heteroatoms. The lowest BCUT2D eigenvalue weighted by Gasteiger charge is -2.50. The Morgan fingerprint density at radius 2 is 2.20 bits per heavy atom. The molecule has 2 aliphatic rings. The molecule has 0 aromatic carbocycles. The van der Waals surface area contributed by atoms with Crippen molar-refractivity contribution in [1.82, 2.24) is 4.90 Å². The first-order chi connectivity index (χ1) is 7.03. The number of hydrogen-bond acceptors (Lipinski definition) is 3. The van der Waals surface area contributed by atoms with E-state index < -0.39 is 0 Å². The summed E-state index contributed by atoms with van der Waals surface area (Å²) in [6, 6.07) is 0.690. The predicted molar refractivity (Wildman–Crippen MR) is 68.3 cm³/mol. The van der Waals surface area contributed by atoms with Gasteiger partial charge in [-0.15, -0.1) is 0 Å². The maximum atomic E-state index is 6.08. The Hall–Kier alpha value is 0.270. The summed E-state index contributed by atoms with van der Waals surface area (Å²) in [5, 5.41) is 0. The fourth-order valence-electron chi connectivity index (χ4n) is 2.90. The van der Waals surface area contributed by atoms with E-state index in [1.807, 2.05) is 0 Å². The third-order valence-corrected chi connectivity index (χ3v) is 5.89. The Labute approximate surface area is 98.0 Å². The molecule has 1 saturated carbocycles. The van der Waals surface area contributed by atoms with E-state index in [4.69, 9.17) is 5.73 Å². The van der Waals surface area contributed by atoms with Crippen LogP contribution in [0.3, 0.4) is 0 Å². The Morgan fingerprint density at radius 3 is 2.67 bits per heavy atom. The van der Waals surface area contributed by atoms with Gasteiger partial charge in [0.2, 0.25) is 0 Å². The number of rotatable bonds is 3. The highest BCUT2D eigenvalue weighted by atomic mass is 32.2. The van der Waals surface area contributed by atoms with Crippen molar-refractivity contribution < 1.29 is 0 Å². The average Bonchev–Trinajstić information content (AvgIpc) is 2.98. The molecule has 0 spiro atoms. The highest BCUT2D eigenvalue weighted by Crippen LogP contribution is 2.56. The van der Waals surface area contributed by atoms with Crippen LogP contribution in [-0.4, -0.2) is 41.1 Å². The Kier molecular flexibility index (Phi) is 3.08.